The Morgan fingerprint density at radius 2 is 1.74 bits per heavy atom. The summed E-state index contributed by atoms with van der Waals surface area (Å²) >= 11 is 3.90. The lowest BCUT2D eigenvalue weighted by Gasteiger charge is -2.22. The number of carbonyl (C=O) groups excluding carboxylic acids is 1. The van der Waals surface area contributed by atoms with E-state index >= 15 is 0 Å². The number of ether oxygens (including phenoxy) is 1. The summed E-state index contributed by atoms with van der Waals surface area (Å²) in [4.78, 5) is 11.4. The van der Waals surface area contributed by atoms with Crippen LogP contribution in [0.1, 0.15) is 9.67 Å². The number of hydrogen-bond acceptors (Lipinski definition) is 3. The number of Topliss-reactive ketones (excluding diaryl/α,β-unsaturated/α-hetero) is 1. The fourth-order valence-corrected chi connectivity index (χ4v) is 2.38. The van der Waals surface area contributed by atoms with Crippen LogP contribution in [0.3, 0.4) is 0 Å². The van der Waals surface area contributed by atoms with Gasteiger partial charge in [0, 0.05) is 0 Å². The highest BCUT2D eigenvalue weighted by Crippen LogP contribution is 2.35. The Kier molecular flexibility index (Phi) is 5.02. The van der Waals surface area contributed by atoms with Crippen LogP contribution in [0.25, 0.3) is 0 Å². The second-order valence-electron chi connectivity index (χ2n) is 3.30. The van der Waals surface area contributed by atoms with Gasteiger partial charge in [-0.15, -0.1) is 11.3 Å². The van der Waals surface area contributed by atoms with Crippen LogP contribution in [-0.4, -0.2) is 30.8 Å². The summed E-state index contributed by atoms with van der Waals surface area (Å²) in [5.74, 6) is -0.950. The van der Waals surface area contributed by atoms with Gasteiger partial charge >= 0.3 is 12.4 Å². The van der Waals surface area contributed by atoms with Gasteiger partial charge in [0.15, 0.2) is 5.78 Å². The number of carbonyl (C=O) groups is 1. The normalized spacial score (nSPS) is 13.1. The largest absolute Gasteiger partial charge is 0.423 e. The maximum atomic E-state index is 12.1. The van der Waals surface area contributed by atoms with Crippen molar-refractivity contribution in [1.82, 2.24) is 0 Å². The van der Waals surface area contributed by atoms with Crippen molar-refractivity contribution >= 4 is 33.0 Å². The third-order valence-corrected chi connectivity index (χ3v) is 3.49. The topological polar surface area (TPSA) is 26.3 Å². The molecule has 0 aliphatic carbocycles. The van der Waals surface area contributed by atoms with Gasteiger partial charge in [0.1, 0.15) is 6.61 Å². The molecule has 0 saturated carbocycles. The second-order valence-corrected chi connectivity index (χ2v) is 5.76. The average Bonchev–Trinajstić information content (AvgIpc) is 2.60. The van der Waals surface area contributed by atoms with Gasteiger partial charge in [-0.3, -0.25) is 4.79 Å². The zero-order valence-electron chi connectivity index (χ0n) is 8.81. The minimum atomic E-state index is -5.62. The molecule has 0 aromatic carbocycles. The fraction of sp³-hybridized carbons (Fsp3) is 0.444. The van der Waals surface area contributed by atoms with Crippen molar-refractivity contribution in [1.29, 1.82) is 0 Å². The second kappa shape index (κ2) is 5.80. The molecule has 1 aromatic heterocycles. The molecule has 2 nitrogen and oxygen atoms in total. The van der Waals surface area contributed by atoms with Crippen molar-refractivity contribution in [3.63, 3.8) is 0 Å². The lowest BCUT2D eigenvalue weighted by molar-refractivity contribution is -0.318. The van der Waals surface area contributed by atoms with Crippen LogP contribution in [0, 0.1) is 0 Å². The summed E-state index contributed by atoms with van der Waals surface area (Å²) in [6.45, 7) is -1.30. The molecule has 0 amide bonds. The van der Waals surface area contributed by atoms with Crippen molar-refractivity contribution < 1.29 is 35.9 Å². The van der Waals surface area contributed by atoms with Crippen molar-refractivity contribution in [2.24, 2.45) is 0 Å². The fourth-order valence-electron chi connectivity index (χ4n) is 1.07. The van der Waals surface area contributed by atoms with Crippen molar-refractivity contribution in [3.8, 4) is 0 Å². The van der Waals surface area contributed by atoms with E-state index in [9.17, 15) is 31.1 Å². The first-order valence-electron chi connectivity index (χ1n) is 4.55. The third kappa shape index (κ3) is 4.77. The Hall–Kier alpha value is -0.610. The van der Waals surface area contributed by atoms with Gasteiger partial charge < -0.3 is 4.74 Å². The van der Waals surface area contributed by atoms with E-state index in [2.05, 4.69) is 20.7 Å². The first-order chi connectivity index (χ1) is 8.51. The molecule has 19 heavy (non-hydrogen) atoms. The van der Waals surface area contributed by atoms with Crippen LogP contribution in [-0.2, 0) is 4.74 Å². The molecule has 0 spiro atoms. The van der Waals surface area contributed by atoms with Gasteiger partial charge in [-0.1, -0.05) is 0 Å². The first kappa shape index (κ1) is 16.4. The molecule has 0 N–H and O–H groups in total. The van der Waals surface area contributed by atoms with E-state index in [1.165, 1.54) is 12.1 Å². The Morgan fingerprint density at radius 3 is 2.11 bits per heavy atom. The number of halogens is 7. The van der Waals surface area contributed by atoms with E-state index in [4.69, 9.17) is 0 Å². The molecule has 10 heteroatoms. The van der Waals surface area contributed by atoms with Gasteiger partial charge in [-0.25, -0.2) is 0 Å². The zero-order valence-corrected chi connectivity index (χ0v) is 11.2. The number of hydrogen-bond donors (Lipinski definition) is 0. The van der Waals surface area contributed by atoms with E-state index < -0.39 is 30.8 Å². The van der Waals surface area contributed by atoms with E-state index in [0.717, 1.165) is 11.3 Å². The van der Waals surface area contributed by atoms with E-state index in [0.29, 0.717) is 3.79 Å². The number of ketones is 1. The van der Waals surface area contributed by atoms with E-state index in [1.807, 2.05) is 0 Å². The number of thiophene rings is 1. The summed E-state index contributed by atoms with van der Waals surface area (Å²) in [5, 5.41) is 0. The summed E-state index contributed by atoms with van der Waals surface area (Å²) in [6, 6.07) is 2.72. The molecule has 1 rings (SSSR count). The summed E-state index contributed by atoms with van der Waals surface area (Å²) in [7, 11) is 0. The van der Waals surface area contributed by atoms with E-state index in [1.54, 1.807) is 0 Å². The molecule has 0 bridgehead atoms. The number of alkyl halides is 6. The molecule has 1 heterocycles. The van der Waals surface area contributed by atoms with Crippen LogP contribution in [0.2, 0.25) is 0 Å². The quantitative estimate of drug-likeness (QED) is 0.586. The molecule has 0 saturated heterocycles. The Morgan fingerprint density at radius 1 is 1.21 bits per heavy atom. The molecule has 0 atom stereocenters. The molecular weight excluding hydrogens is 366 g/mol. The van der Waals surface area contributed by atoms with Crippen LogP contribution in [0.5, 0.6) is 0 Å². The maximum Gasteiger partial charge on any atom is 0.423 e. The van der Waals surface area contributed by atoms with Gasteiger partial charge in [0.05, 0.1) is 8.66 Å². The third-order valence-electron chi connectivity index (χ3n) is 1.82. The highest BCUT2D eigenvalue weighted by molar-refractivity contribution is 9.11. The van der Waals surface area contributed by atoms with Gasteiger partial charge in [-0.05, 0) is 28.1 Å². The summed E-state index contributed by atoms with van der Waals surface area (Å²) < 4.78 is 76.9. The Balaban J connectivity index is 2.70. The van der Waals surface area contributed by atoms with Gasteiger partial charge in [0.25, 0.3) is 0 Å². The first-order valence-corrected chi connectivity index (χ1v) is 6.16. The highest BCUT2D eigenvalue weighted by atomic mass is 79.9. The standard InChI is InChI=1S/C9H5BrF6O2S/c10-6-2-1-5(19-6)4(17)3-18-7(8(11,12)13)9(14,15)16/h1-2,7H,3H2. The molecule has 0 unspecified atom stereocenters. The molecule has 1 aromatic rings. The molecule has 0 aliphatic rings. The smallest absolute Gasteiger partial charge is 0.353 e. The average molecular weight is 371 g/mol. The van der Waals surface area contributed by atoms with Crippen LogP contribution in [0.4, 0.5) is 26.3 Å². The molecule has 108 valence electrons. The van der Waals surface area contributed by atoms with Crippen LogP contribution in [0.15, 0.2) is 15.9 Å². The summed E-state index contributed by atoms with van der Waals surface area (Å²) in [5.41, 5.74) is 0. The SMILES string of the molecule is O=C(COC(C(F)(F)F)C(F)(F)F)c1ccc(Br)s1. The number of rotatable bonds is 4. The van der Waals surface area contributed by atoms with Crippen LogP contribution >= 0.6 is 27.3 Å². The van der Waals surface area contributed by atoms with Crippen molar-refractivity contribution in [2.45, 2.75) is 18.5 Å². The Bertz CT molecular complexity index is 438. The van der Waals surface area contributed by atoms with Gasteiger partial charge in [0.2, 0.25) is 6.10 Å². The molecular formula is C9H5BrF6O2S. The highest BCUT2D eigenvalue weighted by Gasteiger charge is 2.58. The van der Waals surface area contributed by atoms with E-state index in [-0.39, 0.29) is 4.88 Å². The lowest BCUT2D eigenvalue weighted by atomic mass is 10.3. The molecule has 0 radical (unpaired) electrons. The Labute approximate surface area is 115 Å². The lowest BCUT2D eigenvalue weighted by Crippen LogP contribution is -2.45. The molecule has 0 fully saturated rings. The maximum absolute atomic E-state index is 12.1. The van der Waals surface area contributed by atoms with Gasteiger partial charge in [-0.2, -0.15) is 26.3 Å². The van der Waals surface area contributed by atoms with Crippen LogP contribution < -0.4 is 0 Å². The molecule has 0 aliphatic heterocycles. The van der Waals surface area contributed by atoms with Crippen molar-refractivity contribution in [2.75, 3.05) is 6.61 Å². The minimum absolute atomic E-state index is 0.00924. The zero-order chi connectivity index (χ0) is 14.8. The monoisotopic (exact) mass is 370 g/mol. The summed E-state index contributed by atoms with van der Waals surface area (Å²) in [6.07, 6.45) is -15.2. The predicted molar refractivity (Wildman–Crippen MR) is 58.2 cm³/mol. The predicted octanol–water partition coefficient (Wildman–Crippen LogP) is 4.20. The minimum Gasteiger partial charge on any atom is -0.353 e. The van der Waals surface area contributed by atoms with Crippen molar-refractivity contribution in [3.05, 3.63) is 20.8 Å².